The van der Waals surface area contributed by atoms with E-state index in [0.717, 1.165) is 21.2 Å². The van der Waals surface area contributed by atoms with Gasteiger partial charge in [-0.25, -0.2) is 9.98 Å². The summed E-state index contributed by atoms with van der Waals surface area (Å²) in [6, 6.07) is 1.92. The van der Waals surface area contributed by atoms with Gasteiger partial charge in [0.1, 0.15) is 12.3 Å². The van der Waals surface area contributed by atoms with Crippen LogP contribution in [0.15, 0.2) is 26.2 Å². The van der Waals surface area contributed by atoms with Crippen molar-refractivity contribution >= 4 is 37.8 Å². The molecule has 1 aromatic rings. The third-order valence-electron chi connectivity index (χ3n) is 1.60. The van der Waals surface area contributed by atoms with Crippen LogP contribution in [0.1, 0.15) is 5.69 Å². The fourth-order valence-corrected chi connectivity index (χ4v) is 2.21. The van der Waals surface area contributed by atoms with E-state index in [9.17, 15) is 0 Å². The Hall–Kier alpha value is -0.420. The minimum Gasteiger partial charge on any atom is -0.474 e. The fraction of sp³-hybridized carbons (Fsp3) is 0.250. The van der Waals surface area contributed by atoms with Crippen molar-refractivity contribution in [1.82, 2.24) is 4.98 Å². The second kappa shape index (κ2) is 3.75. The van der Waals surface area contributed by atoms with Crippen molar-refractivity contribution in [3.8, 4) is 0 Å². The minimum atomic E-state index is 0.624. The van der Waals surface area contributed by atoms with E-state index in [1.807, 2.05) is 6.07 Å². The molecular weight excluding hydrogens is 300 g/mol. The summed E-state index contributed by atoms with van der Waals surface area (Å²) in [7, 11) is 0. The molecule has 0 fully saturated rings. The number of halogens is 2. The van der Waals surface area contributed by atoms with Crippen LogP contribution in [0.5, 0.6) is 0 Å². The Bertz CT molecular complexity index is 365. The quantitative estimate of drug-likeness (QED) is 0.798. The molecule has 1 aliphatic rings. The lowest BCUT2D eigenvalue weighted by Crippen LogP contribution is -2.04. The number of rotatable bonds is 1. The molecule has 68 valence electrons. The van der Waals surface area contributed by atoms with Gasteiger partial charge in [-0.2, -0.15) is 0 Å². The van der Waals surface area contributed by atoms with Crippen LogP contribution in [0, 0.1) is 0 Å². The van der Waals surface area contributed by atoms with Crippen LogP contribution in [-0.4, -0.2) is 24.0 Å². The maximum atomic E-state index is 5.30. The first kappa shape index (κ1) is 9.15. The molecule has 0 saturated heterocycles. The lowest BCUT2D eigenvalue weighted by atomic mass is 10.3. The molecule has 0 radical (unpaired) electrons. The molecule has 0 saturated carbocycles. The van der Waals surface area contributed by atoms with E-state index in [4.69, 9.17) is 4.74 Å². The molecule has 2 heterocycles. The van der Waals surface area contributed by atoms with Crippen molar-refractivity contribution in [3.05, 3.63) is 26.9 Å². The van der Waals surface area contributed by atoms with Crippen molar-refractivity contribution in [2.45, 2.75) is 0 Å². The molecular formula is C8H6Br2N2O. The van der Waals surface area contributed by atoms with Gasteiger partial charge in [0.2, 0.25) is 5.90 Å². The zero-order chi connectivity index (χ0) is 9.26. The molecule has 0 bridgehead atoms. The van der Waals surface area contributed by atoms with E-state index in [2.05, 4.69) is 41.8 Å². The summed E-state index contributed by atoms with van der Waals surface area (Å²) in [6.07, 6.45) is 1.73. The van der Waals surface area contributed by atoms with Crippen molar-refractivity contribution in [2.24, 2.45) is 4.99 Å². The summed E-state index contributed by atoms with van der Waals surface area (Å²) in [6.45, 7) is 1.37. The van der Waals surface area contributed by atoms with Gasteiger partial charge >= 0.3 is 0 Å². The molecule has 0 unspecified atom stereocenters. The van der Waals surface area contributed by atoms with E-state index in [0.29, 0.717) is 12.5 Å². The van der Waals surface area contributed by atoms with Crippen LogP contribution >= 0.6 is 31.9 Å². The molecule has 0 atom stereocenters. The Kier molecular flexibility index (Phi) is 2.64. The van der Waals surface area contributed by atoms with Crippen molar-refractivity contribution < 1.29 is 4.74 Å². The van der Waals surface area contributed by atoms with Gasteiger partial charge in [0, 0.05) is 15.1 Å². The fourth-order valence-electron chi connectivity index (χ4n) is 1.05. The van der Waals surface area contributed by atoms with Gasteiger partial charge < -0.3 is 4.74 Å². The number of aromatic nitrogens is 1. The number of ether oxygens (including phenoxy) is 1. The first-order valence-electron chi connectivity index (χ1n) is 3.76. The van der Waals surface area contributed by atoms with Gasteiger partial charge in [-0.05, 0) is 37.9 Å². The van der Waals surface area contributed by atoms with Gasteiger partial charge in [0.15, 0.2) is 0 Å². The lowest BCUT2D eigenvalue weighted by molar-refractivity contribution is 0.347. The van der Waals surface area contributed by atoms with Gasteiger partial charge in [-0.15, -0.1) is 0 Å². The standard InChI is InChI=1S/C8H6Br2N2O/c9-5-3-6(10)7(12-4-5)8-11-1-2-13-8/h3-4H,1-2H2. The monoisotopic (exact) mass is 304 g/mol. The van der Waals surface area contributed by atoms with Crippen LogP contribution in [-0.2, 0) is 4.74 Å². The molecule has 3 nitrogen and oxygen atoms in total. The van der Waals surface area contributed by atoms with Crippen molar-refractivity contribution in [2.75, 3.05) is 13.2 Å². The van der Waals surface area contributed by atoms with Crippen LogP contribution in [0.4, 0.5) is 0 Å². The normalized spacial score (nSPS) is 15.4. The molecule has 0 aliphatic carbocycles. The van der Waals surface area contributed by atoms with E-state index in [1.165, 1.54) is 0 Å². The summed E-state index contributed by atoms with van der Waals surface area (Å²) < 4.78 is 7.13. The van der Waals surface area contributed by atoms with Gasteiger partial charge in [-0.1, -0.05) is 0 Å². The Morgan fingerprint density at radius 1 is 1.38 bits per heavy atom. The van der Waals surface area contributed by atoms with Crippen LogP contribution in [0.3, 0.4) is 0 Å². The predicted molar refractivity (Wildman–Crippen MR) is 57.0 cm³/mol. The number of nitrogens with zero attached hydrogens (tertiary/aromatic N) is 2. The smallest absolute Gasteiger partial charge is 0.236 e. The van der Waals surface area contributed by atoms with Gasteiger partial charge in [0.05, 0.1) is 6.54 Å². The second-order valence-corrected chi connectivity index (χ2v) is 4.29. The molecule has 0 spiro atoms. The second-order valence-electron chi connectivity index (χ2n) is 2.52. The first-order chi connectivity index (χ1) is 6.27. The van der Waals surface area contributed by atoms with Crippen LogP contribution in [0.25, 0.3) is 0 Å². The third-order valence-corrected chi connectivity index (χ3v) is 2.63. The van der Waals surface area contributed by atoms with E-state index >= 15 is 0 Å². The maximum Gasteiger partial charge on any atom is 0.236 e. The lowest BCUT2D eigenvalue weighted by Gasteiger charge is -2.02. The highest BCUT2D eigenvalue weighted by Crippen LogP contribution is 2.21. The Morgan fingerprint density at radius 3 is 2.85 bits per heavy atom. The number of hydrogen-bond donors (Lipinski definition) is 0. The largest absolute Gasteiger partial charge is 0.474 e. The molecule has 0 amide bonds. The Morgan fingerprint density at radius 2 is 2.23 bits per heavy atom. The summed E-state index contributed by atoms with van der Waals surface area (Å²) in [5.41, 5.74) is 0.765. The number of aliphatic imine (C=N–C) groups is 1. The molecule has 13 heavy (non-hydrogen) atoms. The highest BCUT2D eigenvalue weighted by atomic mass is 79.9. The summed E-state index contributed by atoms with van der Waals surface area (Å²) in [4.78, 5) is 8.39. The SMILES string of the molecule is Brc1cnc(C2=NCCO2)c(Br)c1. The molecule has 0 N–H and O–H groups in total. The topological polar surface area (TPSA) is 34.5 Å². The van der Waals surface area contributed by atoms with E-state index in [1.54, 1.807) is 6.20 Å². The Balaban J connectivity index is 2.40. The van der Waals surface area contributed by atoms with Crippen molar-refractivity contribution in [3.63, 3.8) is 0 Å². The maximum absolute atomic E-state index is 5.30. The van der Waals surface area contributed by atoms with E-state index < -0.39 is 0 Å². The zero-order valence-corrected chi connectivity index (χ0v) is 9.80. The Labute approximate surface area is 92.5 Å². The number of hydrogen-bond acceptors (Lipinski definition) is 3. The average molecular weight is 306 g/mol. The van der Waals surface area contributed by atoms with Gasteiger partial charge in [0.25, 0.3) is 0 Å². The summed E-state index contributed by atoms with van der Waals surface area (Å²) >= 11 is 6.74. The average Bonchev–Trinajstić information content (AvgIpc) is 2.56. The number of pyridine rings is 1. The summed E-state index contributed by atoms with van der Waals surface area (Å²) in [5.74, 6) is 0.624. The van der Waals surface area contributed by atoms with E-state index in [-0.39, 0.29) is 0 Å². The molecule has 1 aromatic heterocycles. The summed E-state index contributed by atoms with van der Waals surface area (Å²) in [5, 5.41) is 0. The highest BCUT2D eigenvalue weighted by Gasteiger charge is 2.14. The molecule has 2 rings (SSSR count). The molecule has 0 aromatic carbocycles. The highest BCUT2D eigenvalue weighted by molar-refractivity contribution is 9.11. The van der Waals surface area contributed by atoms with Gasteiger partial charge in [-0.3, -0.25) is 0 Å². The minimum absolute atomic E-state index is 0.624. The molecule has 1 aliphatic heterocycles. The van der Waals surface area contributed by atoms with Crippen molar-refractivity contribution in [1.29, 1.82) is 0 Å². The molecule has 5 heteroatoms. The predicted octanol–water partition coefficient (Wildman–Crippen LogP) is 2.38. The van der Waals surface area contributed by atoms with Crippen LogP contribution < -0.4 is 0 Å². The van der Waals surface area contributed by atoms with Crippen LogP contribution in [0.2, 0.25) is 0 Å². The zero-order valence-electron chi connectivity index (χ0n) is 6.63. The third kappa shape index (κ3) is 1.91. The first-order valence-corrected chi connectivity index (χ1v) is 5.34.